The van der Waals surface area contributed by atoms with Gasteiger partial charge in [0.1, 0.15) is 11.6 Å². The quantitative estimate of drug-likeness (QED) is 0.659. The molecule has 0 spiro atoms. The molecular formula is C20H19F2N3O. The fourth-order valence-corrected chi connectivity index (χ4v) is 3.89. The van der Waals surface area contributed by atoms with Gasteiger partial charge < -0.3 is 16.0 Å². The van der Waals surface area contributed by atoms with Crippen molar-refractivity contribution in [2.75, 3.05) is 6.54 Å². The van der Waals surface area contributed by atoms with Gasteiger partial charge in [0, 0.05) is 23.2 Å². The number of hydrogen-bond acceptors (Lipinski definition) is 2. The van der Waals surface area contributed by atoms with Crippen molar-refractivity contribution in [2.24, 2.45) is 5.73 Å². The summed E-state index contributed by atoms with van der Waals surface area (Å²) in [5.74, 6) is -1.68. The van der Waals surface area contributed by atoms with Crippen molar-refractivity contribution in [3.8, 4) is 11.1 Å². The number of nitrogens with one attached hydrogen (secondary N) is 2. The maximum absolute atomic E-state index is 15.2. The lowest BCUT2D eigenvalue weighted by atomic mass is 9.88. The van der Waals surface area contributed by atoms with E-state index >= 15 is 4.39 Å². The van der Waals surface area contributed by atoms with E-state index in [4.69, 9.17) is 5.73 Å². The van der Waals surface area contributed by atoms with E-state index in [0.29, 0.717) is 35.0 Å². The number of nitrogens with two attached hydrogens (primary N) is 1. The highest BCUT2D eigenvalue weighted by Gasteiger charge is 2.24. The molecule has 0 bridgehead atoms. The summed E-state index contributed by atoms with van der Waals surface area (Å²) >= 11 is 0. The second kappa shape index (κ2) is 5.92. The summed E-state index contributed by atoms with van der Waals surface area (Å²) in [7, 11) is 0. The van der Waals surface area contributed by atoms with Crippen LogP contribution < -0.4 is 11.1 Å². The zero-order chi connectivity index (χ0) is 18.6. The Bertz CT molecular complexity index is 1070. The predicted molar refractivity (Wildman–Crippen MR) is 97.1 cm³/mol. The average molecular weight is 355 g/mol. The zero-order valence-corrected chi connectivity index (χ0v) is 14.6. The molecule has 0 aliphatic carbocycles. The molecule has 0 unspecified atom stereocenters. The number of carbonyl (C=O) groups excluding carboxylic acids is 1. The topological polar surface area (TPSA) is 70.9 Å². The number of aromatic amines is 1. The molecule has 4 rings (SSSR count). The van der Waals surface area contributed by atoms with Crippen molar-refractivity contribution in [3.05, 3.63) is 57.8 Å². The number of hydrogen-bond donors (Lipinski definition) is 3. The third-order valence-corrected chi connectivity index (χ3v) is 5.24. The van der Waals surface area contributed by atoms with Crippen LogP contribution in [0.3, 0.4) is 0 Å². The second-order valence-corrected chi connectivity index (χ2v) is 6.79. The molecule has 0 saturated carbocycles. The van der Waals surface area contributed by atoms with E-state index in [-0.39, 0.29) is 5.56 Å². The number of primary amides is 1. The number of benzene rings is 2. The van der Waals surface area contributed by atoms with E-state index in [1.165, 1.54) is 12.1 Å². The Balaban J connectivity index is 2.14. The highest BCUT2D eigenvalue weighted by molar-refractivity contribution is 6.11. The van der Waals surface area contributed by atoms with E-state index < -0.39 is 17.5 Å². The first-order chi connectivity index (χ1) is 12.4. The molecule has 1 aliphatic heterocycles. The van der Waals surface area contributed by atoms with E-state index in [1.807, 2.05) is 13.8 Å². The lowest BCUT2D eigenvalue weighted by Gasteiger charge is -2.22. The molecular weight excluding hydrogens is 336 g/mol. The van der Waals surface area contributed by atoms with Gasteiger partial charge in [-0.05, 0) is 67.3 Å². The Morgan fingerprint density at radius 3 is 2.69 bits per heavy atom. The van der Waals surface area contributed by atoms with Gasteiger partial charge >= 0.3 is 0 Å². The third-order valence-electron chi connectivity index (χ3n) is 5.24. The van der Waals surface area contributed by atoms with Crippen LogP contribution in [0, 0.1) is 25.5 Å². The fourth-order valence-electron chi connectivity index (χ4n) is 3.89. The maximum atomic E-state index is 15.2. The van der Waals surface area contributed by atoms with E-state index in [2.05, 4.69) is 10.3 Å². The van der Waals surface area contributed by atoms with Crippen LogP contribution in [0.15, 0.2) is 18.2 Å². The fraction of sp³-hybridized carbons (Fsp3) is 0.250. The summed E-state index contributed by atoms with van der Waals surface area (Å²) in [6.07, 6.45) is 0.686. The first kappa shape index (κ1) is 16.7. The van der Waals surface area contributed by atoms with Crippen molar-refractivity contribution < 1.29 is 13.6 Å². The molecule has 1 aromatic heterocycles. The van der Waals surface area contributed by atoms with Crippen LogP contribution in [-0.2, 0) is 13.0 Å². The second-order valence-electron chi connectivity index (χ2n) is 6.79. The Labute approximate surface area is 149 Å². The van der Waals surface area contributed by atoms with Gasteiger partial charge in [0.15, 0.2) is 0 Å². The largest absolute Gasteiger partial charge is 0.366 e. The van der Waals surface area contributed by atoms with Crippen molar-refractivity contribution in [1.82, 2.24) is 10.3 Å². The lowest BCUT2D eigenvalue weighted by molar-refractivity contribution is 0.100. The monoisotopic (exact) mass is 355 g/mol. The molecule has 26 heavy (non-hydrogen) atoms. The van der Waals surface area contributed by atoms with Gasteiger partial charge in [-0.25, -0.2) is 8.78 Å². The Morgan fingerprint density at radius 2 is 1.96 bits per heavy atom. The van der Waals surface area contributed by atoms with Crippen LogP contribution in [0.2, 0.25) is 0 Å². The Kier molecular flexibility index (Phi) is 3.80. The smallest absolute Gasteiger partial charge is 0.250 e. The molecule has 6 heteroatoms. The van der Waals surface area contributed by atoms with E-state index in [9.17, 15) is 9.18 Å². The van der Waals surface area contributed by atoms with E-state index in [1.54, 1.807) is 0 Å². The van der Waals surface area contributed by atoms with Gasteiger partial charge in [-0.1, -0.05) is 0 Å². The van der Waals surface area contributed by atoms with Gasteiger partial charge in [0.25, 0.3) is 5.91 Å². The molecule has 0 saturated heterocycles. The summed E-state index contributed by atoms with van der Waals surface area (Å²) in [5, 5.41) is 3.80. The number of rotatable bonds is 2. The van der Waals surface area contributed by atoms with Gasteiger partial charge in [0.2, 0.25) is 0 Å². The minimum atomic E-state index is -0.702. The highest BCUT2D eigenvalue weighted by atomic mass is 19.1. The highest BCUT2D eigenvalue weighted by Crippen LogP contribution is 2.40. The zero-order valence-electron chi connectivity index (χ0n) is 14.6. The van der Waals surface area contributed by atoms with Crippen molar-refractivity contribution in [2.45, 2.75) is 26.8 Å². The molecule has 2 aromatic carbocycles. The molecule has 4 N–H and O–H groups in total. The number of carbonyl (C=O) groups is 1. The number of amides is 1. The number of aromatic nitrogens is 1. The molecule has 2 heterocycles. The molecule has 134 valence electrons. The van der Waals surface area contributed by atoms with Gasteiger partial charge in [-0.3, -0.25) is 4.79 Å². The first-order valence-electron chi connectivity index (χ1n) is 8.52. The van der Waals surface area contributed by atoms with Crippen molar-refractivity contribution in [3.63, 3.8) is 0 Å². The summed E-state index contributed by atoms with van der Waals surface area (Å²) in [6.45, 7) is 5.01. The van der Waals surface area contributed by atoms with Crippen LogP contribution in [0.1, 0.15) is 32.7 Å². The van der Waals surface area contributed by atoms with Crippen LogP contribution in [0.25, 0.3) is 22.0 Å². The van der Waals surface area contributed by atoms with E-state index in [0.717, 1.165) is 35.0 Å². The first-order valence-corrected chi connectivity index (χ1v) is 8.52. The van der Waals surface area contributed by atoms with Gasteiger partial charge in [0.05, 0.1) is 11.1 Å². The van der Waals surface area contributed by atoms with Gasteiger partial charge in [-0.15, -0.1) is 0 Å². The molecule has 0 atom stereocenters. The van der Waals surface area contributed by atoms with Crippen molar-refractivity contribution in [1.29, 1.82) is 0 Å². The number of halogens is 2. The predicted octanol–water partition coefficient (Wildman–Crippen LogP) is 3.47. The minimum absolute atomic E-state index is 0.101. The SMILES string of the molecule is Cc1[nH]c2c(C(N)=O)cc(F)c(-c3cc(F)cc4c3CCNC4)c2c1C. The Morgan fingerprint density at radius 1 is 1.19 bits per heavy atom. The molecule has 4 nitrogen and oxygen atoms in total. The molecule has 0 radical (unpaired) electrons. The lowest BCUT2D eigenvalue weighted by Crippen LogP contribution is -2.24. The molecule has 3 aromatic rings. The van der Waals surface area contributed by atoms with Crippen LogP contribution in [-0.4, -0.2) is 17.4 Å². The standard InChI is InChI=1S/C20H19F2N3O/c1-9-10(2)25-19-15(20(23)26)7-16(22)18(17(9)19)14-6-12(21)5-11-8-24-4-3-13(11)14/h5-7,24-25H,3-4,8H2,1-2H3,(H2,23,26). The number of aryl methyl sites for hydroxylation is 2. The average Bonchev–Trinajstić information content (AvgIpc) is 2.89. The minimum Gasteiger partial charge on any atom is -0.366 e. The van der Waals surface area contributed by atoms with Crippen molar-refractivity contribution >= 4 is 16.8 Å². The molecule has 1 aliphatic rings. The third kappa shape index (κ3) is 2.41. The van der Waals surface area contributed by atoms with Crippen LogP contribution in [0.4, 0.5) is 8.78 Å². The number of fused-ring (bicyclic) bond motifs is 2. The van der Waals surface area contributed by atoms with Crippen LogP contribution >= 0.6 is 0 Å². The normalized spacial score (nSPS) is 13.8. The van der Waals surface area contributed by atoms with Gasteiger partial charge in [-0.2, -0.15) is 0 Å². The van der Waals surface area contributed by atoms with Crippen LogP contribution in [0.5, 0.6) is 0 Å². The maximum Gasteiger partial charge on any atom is 0.250 e. The number of H-pyrrole nitrogens is 1. The summed E-state index contributed by atoms with van der Waals surface area (Å²) in [5.41, 5.74) is 10.3. The summed E-state index contributed by atoms with van der Waals surface area (Å²) < 4.78 is 29.4. The summed E-state index contributed by atoms with van der Waals surface area (Å²) in [6, 6.07) is 4.02. The Hall–Kier alpha value is -2.73. The summed E-state index contributed by atoms with van der Waals surface area (Å²) in [4.78, 5) is 14.9. The molecule has 1 amide bonds. The molecule has 0 fully saturated rings.